The monoisotopic (exact) mass is 456 g/mol. The average molecular weight is 457 g/mol. The molecule has 34 heavy (non-hydrogen) atoms. The van der Waals surface area contributed by atoms with E-state index in [1.165, 1.54) is 6.20 Å². The lowest BCUT2D eigenvalue weighted by Crippen LogP contribution is -2.37. The maximum atomic E-state index is 13.0. The highest BCUT2D eigenvalue weighted by molar-refractivity contribution is 5.95. The Bertz CT molecular complexity index is 1430. The number of pyridine rings is 2. The summed E-state index contributed by atoms with van der Waals surface area (Å²) >= 11 is 0. The molecular formula is C25H24N6O3. The van der Waals surface area contributed by atoms with E-state index in [2.05, 4.69) is 27.2 Å². The molecule has 1 aliphatic heterocycles. The Morgan fingerprint density at radius 2 is 1.91 bits per heavy atom. The molecule has 1 aromatic carbocycles. The van der Waals surface area contributed by atoms with Crippen molar-refractivity contribution in [1.82, 2.24) is 24.6 Å². The van der Waals surface area contributed by atoms with Gasteiger partial charge in [0, 0.05) is 42.9 Å². The van der Waals surface area contributed by atoms with Crippen LogP contribution in [-0.2, 0) is 0 Å². The molecule has 3 aromatic heterocycles. The second kappa shape index (κ2) is 8.93. The zero-order valence-corrected chi connectivity index (χ0v) is 18.7. The molecule has 1 saturated heterocycles. The minimum Gasteiger partial charge on any atom is -0.422 e. The molecule has 0 bridgehead atoms. The number of hydrogen-bond acceptors (Lipinski definition) is 7. The molecule has 1 aliphatic rings. The predicted octanol–water partition coefficient (Wildman–Crippen LogP) is 3.71. The number of hydrogen-bond donors (Lipinski definition) is 2. The summed E-state index contributed by atoms with van der Waals surface area (Å²) in [6.45, 7) is 3.76. The van der Waals surface area contributed by atoms with E-state index in [0.29, 0.717) is 27.3 Å². The standard InChI is InChI=1S/C25H24N6O3/c1-16-7-10-30(11-8-16)24(32)19-12-18(14-26-15-19)17-4-2-5-20(13-17)28-22-21-6-3-9-27-23(21)31(34)25(33)29-22/h2-6,9,12-16,34H,7-8,10-11H2,1H3,(H,28,29,33). The third-order valence-corrected chi connectivity index (χ3v) is 6.15. The molecule has 172 valence electrons. The topological polar surface area (TPSA) is 113 Å². The fourth-order valence-corrected chi connectivity index (χ4v) is 4.16. The number of likely N-dealkylation sites (tertiary alicyclic amines) is 1. The molecule has 4 aromatic rings. The highest BCUT2D eigenvalue weighted by Gasteiger charge is 2.22. The SMILES string of the molecule is CC1CCN(C(=O)c2cncc(-c3cccc(Nc4nc(=O)n(O)c5ncccc45)c3)c2)CC1. The summed E-state index contributed by atoms with van der Waals surface area (Å²) in [5.41, 5.74) is 2.21. The van der Waals surface area contributed by atoms with Crippen LogP contribution >= 0.6 is 0 Å². The molecule has 9 nitrogen and oxygen atoms in total. The van der Waals surface area contributed by atoms with Crippen molar-refractivity contribution in [3.63, 3.8) is 0 Å². The van der Waals surface area contributed by atoms with Crippen molar-refractivity contribution in [1.29, 1.82) is 0 Å². The van der Waals surface area contributed by atoms with Gasteiger partial charge in [-0.1, -0.05) is 19.1 Å². The maximum Gasteiger partial charge on any atom is 0.384 e. The Hall–Kier alpha value is -4.27. The fraction of sp³-hybridized carbons (Fsp3) is 0.240. The molecule has 1 fully saturated rings. The first kappa shape index (κ1) is 21.6. The molecule has 4 heterocycles. The van der Waals surface area contributed by atoms with Crippen molar-refractivity contribution in [3.05, 3.63) is 77.1 Å². The minimum atomic E-state index is -0.827. The van der Waals surface area contributed by atoms with Gasteiger partial charge >= 0.3 is 5.69 Å². The van der Waals surface area contributed by atoms with Crippen LogP contribution in [0, 0.1) is 5.92 Å². The Labute approximate surface area is 195 Å². The molecule has 0 atom stereocenters. The number of amides is 1. The quantitative estimate of drug-likeness (QED) is 0.450. The number of rotatable bonds is 4. The van der Waals surface area contributed by atoms with Gasteiger partial charge in [0.15, 0.2) is 5.65 Å². The third-order valence-electron chi connectivity index (χ3n) is 6.15. The van der Waals surface area contributed by atoms with Gasteiger partial charge < -0.3 is 15.4 Å². The second-order valence-electron chi connectivity index (χ2n) is 8.57. The van der Waals surface area contributed by atoms with E-state index in [4.69, 9.17) is 0 Å². The molecule has 1 amide bonds. The van der Waals surface area contributed by atoms with E-state index >= 15 is 0 Å². The number of carbonyl (C=O) groups excluding carboxylic acids is 1. The maximum absolute atomic E-state index is 13.0. The van der Waals surface area contributed by atoms with Crippen LogP contribution < -0.4 is 11.0 Å². The van der Waals surface area contributed by atoms with Crippen molar-refractivity contribution in [2.45, 2.75) is 19.8 Å². The van der Waals surface area contributed by atoms with Gasteiger partial charge in [0.05, 0.1) is 10.9 Å². The molecule has 0 unspecified atom stereocenters. The number of piperidine rings is 1. The predicted molar refractivity (Wildman–Crippen MR) is 128 cm³/mol. The van der Waals surface area contributed by atoms with Crippen LogP contribution in [0.1, 0.15) is 30.1 Å². The summed E-state index contributed by atoms with van der Waals surface area (Å²) in [6, 6.07) is 12.8. The first-order chi connectivity index (χ1) is 16.5. The van der Waals surface area contributed by atoms with Crippen LogP contribution in [-0.4, -0.2) is 48.8 Å². The Balaban J connectivity index is 1.43. The molecule has 0 radical (unpaired) electrons. The van der Waals surface area contributed by atoms with Gasteiger partial charge in [-0.3, -0.25) is 9.78 Å². The second-order valence-corrected chi connectivity index (χ2v) is 8.57. The number of anilines is 2. The lowest BCUT2D eigenvalue weighted by molar-refractivity contribution is 0.0697. The van der Waals surface area contributed by atoms with Gasteiger partial charge in [-0.15, -0.1) is 4.73 Å². The summed E-state index contributed by atoms with van der Waals surface area (Å²) in [4.78, 5) is 39.3. The number of carbonyl (C=O) groups is 1. The Kier molecular flexibility index (Phi) is 5.67. The Morgan fingerprint density at radius 3 is 2.74 bits per heavy atom. The zero-order chi connectivity index (χ0) is 23.7. The van der Waals surface area contributed by atoms with Gasteiger partial charge in [-0.05, 0) is 54.7 Å². The Morgan fingerprint density at radius 1 is 1.09 bits per heavy atom. The van der Waals surface area contributed by atoms with E-state index in [1.54, 1.807) is 24.5 Å². The van der Waals surface area contributed by atoms with Crippen LogP contribution in [0.2, 0.25) is 0 Å². The van der Waals surface area contributed by atoms with Gasteiger partial charge in [0.1, 0.15) is 5.82 Å². The normalized spacial score (nSPS) is 14.3. The summed E-state index contributed by atoms with van der Waals surface area (Å²) in [6.07, 6.45) is 6.86. The molecule has 0 aliphatic carbocycles. The molecule has 5 rings (SSSR count). The van der Waals surface area contributed by atoms with Crippen molar-refractivity contribution < 1.29 is 10.0 Å². The lowest BCUT2D eigenvalue weighted by Gasteiger charge is -2.30. The van der Waals surface area contributed by atoms with E-state index in [-0.39, 0.29) is 17.4 Å². The fourth-order valence-electron chi connectivity index (χ4n) is 4.16. The van der Waals surface area contributed by atoms with E-state index < -0.39 is 5.69 Å². The first-order valence-corrected chi connectivity index (χ1v) is 11.2. The van der Waals surface area contributed by atoms with Crippen LogP contribution in [0.4, 0.5) is 11.5 Å². The average Bonchev–Trinajstić information content (AvgIpc) is 2.87. The third kappa shape index (κ3) is 4.19. The van der Waals surface area contributed by atoms with Crippen molar-refractivity contribution >= 4 is 28.4 Å². The van der Waals surface area contributed by atoms with Gasteiger partial charge in [0.25, 0.3) is 5.91 Å². The van der Waals surface area contributed by atoms with Gasteiger partial charge in [-0.2, -0.15) is 4.98 Å². The largest absolute Gasteiger partial charge is 0.422 e. The highest BCUT2D eigenvalue weighted by Crippen LogP contribution is 2.27. The molecule has 9 heteroatoms. The highest BCUT2D eigenvalue weighted by atomic mass is 16.5. The first-order valence-electron chi connectivity index (χ1n) is 11.2. The van der Waals surface area contributed by atoms with Crippen LogP contribution in [0.3, 0.4) is 0 Å². The summed E-state index contributed by atoms with van der Waals surface area (Å²) in [7, 11) is 0. The van der Waals surface area contributed by atoms with E-state index in [1.807, 2.05) is 35.2 Å². The van der Waals surface area contributed by atoms with E-state index in [9.17, 15) is 14.8 Å². The van der Waals surface area contributed by atoms with Crippen molar-refractivity contribution in [2.24, 2.45) is 5.92 Å². The minimum absolute atomic E-state index is 0.00303. The summed E-state index contributed by atoms with van der Waals surface area (Å²) < 4.78 is 0.425. The number of aromatic nitrogens is 4. The van der Waals surface area contributed by atoms with Gasteiger partial charge in [0.2, 0.25) is 0 Å². The number of nitrogens with one attached hydrogen (secondary N) is 1. The van der Waals surface area contributed by atoms with Crippen LogP contribution in [0.5, 0.6) is 0 Å². The molecule has 0 spiro atoms. The zero-order valence-electron chi connectivity index (χ0n) is 18.7. The lowest BCUT2D eigenvalue weighted by atomic mass is 9.98. The van der Waals surface area contributed by atoms with Crippen LogP contribution in [0.25, 0.3) is 22.2 Å². The van der Waals surface area contributed by atoms with Crippen molar-refractivity contribution in [3.8, 4) is 11.1 Å². The van der Waals surface area contributed by atoms with E-state index in [0.717, 1.165) is 37.1 Å². The number of nitrogens with zero attached hydrogens (tertiary/aromatic N) is 5. The smallest absolute Gasteiger partial charge is 0.384 e. The summed E-state index contributed by atoms with van der Waals surface area (Å²) in [5, 5.41) is 13.6. The molecule has 2 N–H and O–H groups in total. The van der Waals surface area contributed by atoms with Crippen LogP contribution in [0.15, 0.2) is 65.8 Å². The van der Waals surface area contributed by atoms with Gasteiger partial charge in [-0.25, -0.2) is 9.78 Å². The number of benzene rings is 1. The molecule has 0 saturated carbocycles. The number of fused-ring (bicyclic) bond motifs is 1. The summed E-state index contributed by atoms with van der Waals surface area (Å²) in [5.74, 6) is 0.941. The van der Waals surface area contributed by atoms with Crippen molar-refractivity contribution in [2.75, 3.05) is 18.4 Å². The molecular weight excluding hydrogens is 432 g/mol.